The van der Waals surface area contributed by atoms with Crippen molar-refractivity contribution in [2.45, 2.75) is 26.3 Å². The van der Waals surface area contributed by atoms with Gasteiger partial charge in [0.15, 0.2) is 0 Å². The molecule has 1 saturated heterocycles. The maximum Gasteiger partial charge on any atom is 0.137 e. The van der Waals surface area contributed by atoms with Gasteiger partial charge in [0.1, 0.15) is 18.0 Å². The zero-order chi connectivity index (χ0) is 13.7. The average molecular weight is 266 g/mol. The minimum absolute atomic E-state index is 0.0265. The van der Waals surface area contributed by atoms with Crippen LogP contribution >= 0.6 is 0 Å². The van der Waals surface area contributed by atoms with E-state index in [1.54, 1.807) is 6.33 Å². The lowest BCUT2D eigenvalue weighted by Crippen LogP contribution is -2.48. The van der Waals surface area contributed by atoms with Gasteiger partial charge in [0.05, 0.1) is 25.9 Å². The van der Waals surface area contributed by atoms with Crippen LogP contribution in [-0.2, 0) is 4.74 Å². The molecule has 0 saturated carbocycles. The van der Waals surface area contributed by atoms with Crippen LogP contribution < -0.4 is 10.2 Å². The Kier molecular flexibility index (Phi) is 4.93. The van der Waals surface area contributed by atoms with E-state index >= 15 is 0 Å². The van der Waals surface area contributed by atoms with E-state index in [0.717, 1.165) is 36.7 Å². The van der Waals surface area contributed by atoms with Crippen molar-refractivity contribution in [1.82, 2.24) is 9.97 Å². The van der Waals surface area contributed by atoms with Gasteiger partial charge in [0.25, 0.3) is 0 Å². The summed E-state index contributed by atoms with van der Waals surface area (Å²) in [5.74, 6) is 1.76. The molecule has 1 aliphatic rings. The van der Waals surface area contributed by atoms with Crippen molar-refractivity contribution in [3.05, 3.63) is 11.9 Å². The first-order chi connectivity index (χ1) is 9.27. The number of aliphatic hydroxyl groups is 1. The SMILES string of the molecule is CCCNc1ncnc(N2CCOCC2CO)c1C. The van der Waals surface area contributed by atoms with Crippen LogP contribution in [0.4, 0.5) is 11.6 Å². The van der Waals surface area contributed by atoms with Crippen LogP contribution in [-0.4, -0.2) is 54.0 Å². The van der Waals surface area contributed by atoms with E-state index in [0.29, 0.717) is 13.2 Å². The number of aliphatic hydroxyl groups excluding tert-OH is 1. The highest BCUT2D eigenvalue weighted by atomic mass is 16.5. The van der Waals surface area contributed by atoms with Crippen molar-refractivity contribution in [3.63, 3.8) is 0 Å². The normalized spacial score (nSPS) is 19.5. The molecule has 1 fully saturated rings. The molecule has 2 N–H and O–H groups in total. The van der Waals surface area contributed by atoms with Gasteiger partial charge in [0.2, 0.25) is 0 Å². The molecule has 0 aromatic carbocycles. The molecule has 19 heavy (non-hydrogen) atoms. The van der Waals surface area contributed by atoms with Gasteiger partial charge in [-0.15, -0.1) is 0 Å². The molecule has 1 atom stereocenters. The number of aromatic nitrogens is 2. The number of ether oxygens (including phenoxy) is 1. The van der Waals surface area contributed by atoms with Gasteiger partial charge in [-0.3, -0.25) is 0 Å². The number of hydrogen-bond donors (Lipinski definition) is 2. The molecule has 6 heteroatoms. The minimum atomic E-state index is -0.0265. The summed E-state index contributed by atoms with van der Waals surface area (Å²) in [6, 6.07) is -0.0265. The molecule has 0 radical (unpaired) electrons. The van der Waals surface area contributed by atoms with Crippen LogP contribution in [0.3, 0.4) is 0 Å². The largest absolute Gasteiger partial charge is 0.394 e. The number of rotatable bonds is 5. The Balaban J connectivity index is 2.22. The molecule has 106 valence electrons. The molecular formula is C13H22N4O2. The van der Waals surface area contributed by atoms with Crippen LogP contribution in [0.15, 0.2) is 6.33 Å². The predicted octanol–water partition coefficient (Wildman–Crippen LogP) is 0.804. The van der Waals surface area contributed by atoms with Gasteiger partial charge in [-0.25, -0.2) is 9.97 Å². The van der Waals surface area contributed by atoms with Crippen LogP contribution in [0.2, 0.25) is 0 Å². The lowest BCUT2D eigenvalue weighted by molar-refractivity contribution is 0.0722. The molecule has 0 amide bonds. The number of hydrogen-bond acceptors (Lipinski definition) is 6. The molecule has 0 spiro atoms. The summed E-state index contributed by atoms with van der Waals surface area (Å²) < 4.78 is 5.40. The lowest BCUT2D eigenvalue weighted by atomic mass is 10.2. The Hall–Kier alpha value is -1.40. The molecule has 1 unspecified atom stereocenters. The van der Waals surface area contributed by atoms with Crippen LogP contribution in [0.5, 0.6) is 0 Å². The fourth-order valence-electron chi connectivity index (χ4n) is 2.24. The van der Waals surface area contributed by atoms with Crippen LogP contribution in [0.25, 0.3) is 0 Å². The van der Waals surface area contributed by atoms with E-state index in [-0.39, 0.29) is 12.6 Å². The summed E-state index contributed by atoms with van der Waals surface area (Å²) in [6.07, 6.45) is 2.62. The van der Waals surface area contributed by atoms with Crippen molar-refractivity contribution in [2.24, 2.45) is 0 Å². The summed E-state index contributed by atoms with van der Waals surface area (Å²) in [4.78, 5) is 10.8. The van der Waals surface area contributed by atoms with Crippen molar-refractivity contribution >= 4 is 11.6 Å². The predicted molar refractivity (Wildman–Crippen MR) is 74.6 cm³/mol. The minimum Gasteiger partial charge on any atom is -0.394 e. The highest BCUT2D eigenvalue weighted by molar-refractivity contribution is 5.58. The molecule has 2 heterocycles. The average Bonchev–Trinajstić information content (AvgIpc) is 2.46. The summed E-state index contributed by atoms with van der Waals surface area (Å²) in [7, 11) is 0. The molecule has 1 aromatic rings. The third-order valence-corrected chi connectivity index (χ3v) is 3.31. The maximum atomic E-state index is 9.44. The monoisotopic (exact) mass is 266 g/mol. The molecular weight excluding hydrogens is 244 g/mol. The van der Waals surface area contributed by atoms with E-state index in [2.05, 4.69) is 27.1 Å². The van der Waals surface area contributed by atoms with Crippen LogP contribution in [0, 0.1) is 6.92 Å². The third-order valence-electron chi connectivity index (χ3n) is 3.31. The second kappa shape index (κ2) is 6.68. The second-order valence-corrected chi connectivity index (χ2v) is 4.70. The topological polar surface area (TPSA) is 70.5 Å². The zero-order valence-corrected chi connectivity index (χ0v) is 11.6. The summed E-state index contributed by atoms with van der Waals surface area (Å²) in [5, 5.41) is 12.7. The molecule has 2 rings (SSSR count). The fourth-order valence-corrected chi connectivity index (χ4v) is 2.24. The number of nitrogens with one attached hydrogen (secondary N) is 1. The van der Waals surface area contributed by atoms with Gasteiger partial charge < -0.3 is 20.1 Å². The molecule has 1 aromatic heterocycles. The van der Waals surface area contributed by atoms with Crippen LogP contribution in [0.1, 0.15) is 18.9 Å². The standard InChI is InChI=1S/C13H22N4O2/c1-3-4-14-12-10(2)13(16-9-15-12)17-5-6-19-8-11(17)7-18/h9,11,18H,3-8H2,1-2H3,(H,14,15,16). The van der Waals surface area contributed by atoms with E-state index in [9.17, 15) is 5.11 Å². The first-order valence-electron chi connectivity index (χ1n) is 6.78. The fraction of sp³-hybridized carbons (Fsp3) is 0.692. The lowest BCUT2D eigenvalue weighted by Gasteiger charge is -2.36. The number of morpholine rings is 1. The van der Waals surface area contributed by atoms with Gasteiger partial charge in [-0.05, 0) is 13.3 Å². The molecule has 0 bridgehead atoms. The van der Waals surface area contributed by atoms with E-state index in [1.807, 2.05) is 6.92 Å². The third kappa shape index (κ3) is 3.13. The molecule has 6 nitrogen and oxygen atoms in total. The molecule has 0 aliphatic carbocycles. The first-order valence-corrected chi connectivity index (χ1v) is 6.78. The van der Waals surface area contributed by atoms with Crippen molar-refractivity contribution in [1.29, 1.82) is 0 Å². The summed E-state index contributed by atoms with van der Waals surface area (Å²) >= 11 is 0. The Labute approximate surface area is 113 Å². The Morgan fingerprint density at radius 3 is 3.11 bits per heavy atom. The Morgan fingerprint density at radius 2 is 2.37 bits per heavy atom. The van der Waals surface area contributed by atoms with E-state index in [1.165, 1.54) is 0 Å². The second-order valence-electron chi connectivity index (χ2n) is 4.70. The van der Waals surface area contributed by atoms with E-state index < -0.39 is 0 Å². The Morgan fingerprint density at radius 1 is 1.53 bits per heavy atom. The number of nitrogens with zero attached hydrogens (tertiary/aromatic N) is 3. The highest BCUT2D eigenvalue weighted by Gasteiger charge is 2.25. The van der Waals surface area contributed by atoms with Gasteiger partial charge in [-0.1, -0.05) is 6.92 Å². The van der Waals surface area contributed by atoms with Gasteiger partial charge >= 0.3 is 0 Å². The van der Waals surface area contributed by atoms with Crippen molar-refractivity contribution in [3.8, 4) is 0 Å². The van der Waals surface area contributed by atoms with E-state index in [4.69, 9.17) is 4.74 Å². The number of anilines is 2. The summed E-state index contributed by atoms with van der Waals surface area (Å²) in [6.45, 7) is 7.04. The Bertz CT molecular complexity index is 414. The maximum absolute atomic E-state index is 9.44. The molecule has 1 aliphatic heterocycles. The quantitative estimate of drug-likeness (QED) is 0.821. The van der Waals surface area contributed by atoms with Crippen molar-refractivity contribution < 1.29 is 9.84 Å². The first kappa shape index (κ1) is 14.0. The summed E-state index contributed by atoms with van der Waals surface area (Å²) in [5.41, 5.74) is 1.02. The van der Waals surface area contributed by atoms with Gasteiger partial charge in [-0.2, -0.15) is 0 Å². The van der Waals surface area contributed by atoms with Gasteiger partial charge in [0, 0.05) is 18.7 Å². The highest BCUT2D eigenvalue weighted by Crippen LogP contribution is 2.25. The smallest absolute Gasteiger partial charge is 0.137 e. The van der Waals surface area contributed by atoms with Crippen molar-refractivity contribution in [2.75, 3.05) is 43.1 Å². The zero-order valence-electron chi connectivity index (χ0n) is 11.6.